The van der Waals surface area contributed by atoms with E-state index in [0.29, 0.717) is 28.4 Å². The number of benzene rings is 2. The molecule has 2 saturated heterocycles. The van der Waals surface area contributed by atoms with Gasteiger partial charge in [0.1, 0.15) is 5.60 Å². The van der Waals surface area contributed by atoms with Crippen LogP contribution in [0.25, 0.3) is 6.08 Å². The number of nitrogens with one attached hydrogen (secondary N) is 1. The van der Waals surface area contributed by atoms with Crippen molar-refractivity contribution < 1.29 is 14.3 Å². The largest absolute Gasteiger partial charge is 0.444 e. The molecule has 2 aliphatic heterocycles. The van der Waals surface area contributed by atoms with Gasteiger partial charge >= 0.3 is 6.09 Å². The first-order valence-electron chi connectivity index (χ1n) is 12.2. The first kappa shape index (κ1) is 25.3. The molecule has 4 rings (SSSR count). The van der Waals surface area contributed by atoms with Gasteiger partial charge in [-0.15, -0.1) is 0 Å². The smallest absolute Gasteiger partial charge is 0.412 e. The van der Waals surface area contributed by atoms with E-state index in [-0.39, 0.29) is 5.91 Å². The van der Waals surface area contributed by atoms with Crippen molar-refractivity contribution in [1.29, 1.82) is 0 Å². The second-order valence-electron chi connectivity index (χ2n) is 10.5. The third-order valence-electron chi connectivity index (χ3n) is 6.49. The molecule has 0 radical (unpaired) electrons. The fourth-order valence-electron chi connectivity index (χ4n) is 4.79. The molecule has 2 fully saturated rings. The zero-order valence-corrected chi connectivity index (χ0v) is 21.6. The first-order chi connectivity index (χ1) is 16.6. The maximum Gasteiger partial charge on any atom is 0.412 e. The summed E-state index contributed by atoms with van der Waals surface area (Å²) in [5.41, 5.74) is 3.16. The minimum absolute atomic E-state index is 0.0185. The topological polar surface area (TPSA) is 61.9 Å². The van der Waals surface area contributed by atoms with Gasteiger partial charge in [0.15, 0.2) is 0 Å². The minimum atomic E-state index is -0.615. The van der Waals surface area contributed by atoms with Crippen LogP contribution in [0, 0.1) is 6.92 Å². The van der Waals surface area contributed by atoms with Crippen LogP contribution in [0.2, 0.25) is 5.02 Å². The number of rotatable bonds is 5. The van der Waals surface area contributed by atoms with Crippen molar-refractivity contribution in [3.05, 3.63) is 70.3 Å². The summed E-state index contributed by atoms with van der Waals surface area (Å²) in [6, 6.07) is 14.6. The van der Waals surface area contributed by atoms with Crippen LogP contribution in [0.3, 0.4) is 0 Å². The van der Waals surface area contributed by atoms with Gasteiger partial charge < -0.3 is 9.64 Å². The number of anilines is 1. The fraction of sp³-hybridized carbons (Fsp3) is 0.429. The van der Waals surface area contributed by atoms with Crippen LogP contribution in [-0.2, 0) is 16.1 Å². The molecule has 1 N–H and O–H groups in total. The lowest BCUT2D eigenvalue weighted by molar-refractivity contribution is -0.129. The Kier molecular flexibility index (Phi) is 7.53. The zero-order chi connectivity index (χ0) is 25.2. The number of likely N-dealkylation sites (tertiary alicyclic amines) is 1. The van der Waals surface area contributed by atoms with Crippen LogP contribution >= 0.6 is 11.6 Å². The van der Waals surface area contributed by atoms with Crippen LogP contribution in [0.5, 0.6) is 0 Å². The maximum absolute atomic E-state index is 13.1. The number of carbonyl (C=O) groups excluding carboxylic acids is 2. The van der Waals surface area contributed by atoms with E-state index in [1.807, 2.05) is 4.90 Å². The lowest BCUT2D eigenvalue weighted by Crippen LogP contribution is -2.54. The van der Waals surface area contributed by atoms with Crippen molar-refractivity contribution in [2.75, 3.05) is 18.4 Å². The second kappa shape index (κ2) is 10.4. The van der Waals surface area contributed by atoms with Crippen LogP contribution in [0.4, 0.5) is 10.5 Å². The Hall–Kier alpha value is -2.83. The third kappa shape index (κ3) is 6.65. The van der Waals surface area contributed by atoms with Gasteiger partial charge in [-0.2, -0.15) is 0 Å². The van der Waals surface area contributed by atoms with Gasteiger partial charge in [-0.3, -0.25) is 15.0 Å². The van der Waals surface area contributed by atoms with E-state index in [1.165, 1.54) is 11.1 Å². The van der Waals surface area contributed by atoms with E-state index in [1.54, 1.807) is 51.1 Å². The monoisotopic (exact) mass is 495 g/mol. The molecule has 2 aliphatic rings. The quantitative estimate of drug-likeness (QED) is 0.526. The van der Waals surface area contributed by atoms with E-state index in [2.05, 4.69) is 41.4 Å². The van der Waals surface area contributed by atoms with Crippen LogP contribution in [-0.4, -0.2) is 52.6 Å². The molecule has 2 unspecified atom stereocenters. The molecule has 186 valence electrons. The van der Waals surface area contributed by atoms with Crippen molar-refractivity contribution in [3.8, 4) is 0 Å². The average molecular weight is 496 g/mol. The number of hydrogen-bond acceptors (Lipinski definition) is 4. The van der Waals surface area contributed by atoms with E-state index in [0.717, 1.165) is 32.5 Å². The van der Waals surface area contributed by atoms with Crippen LogP contribution in [0.15, 0.2) is 48.5 Å². The highest BCUT2D eigenvalue weighted by Crippen LogP contribution is 2.32. The Balaban J connectivity index is 1.40. The van der Waals surface area contributed by atoms with E-state index in [4.69, 9.17) is 16.3 Å². The van der Waals surface area contributed by atoms with E-state index >= 15 is 0 Å². The molecule has 0 saturated carbocycles. The van der Waals surface area contributed by atoms with Crippen molar-refractivity contribution in [2.45, 2.75) is 64.8 Å². The summed E-state index contributed by atoms with van der Waals surface area (Å²) in [5.74, 6) is -0.0185. The fourth-order valence-corrected chi connectivity index (χ4v) is 4.97. The Morgan fingerprint density at radius 2 is 1.74 bits per heavy atom. The third-order valence-corrected chi connectivity index (χ3v) is 6.72. The van der Waals surface area contributed by atoms with Gasteiger partial charge in [0.05, 0.1) is 5.69 Å². The second-order valence-corrected chi connectivity index (χ2v) is 10.9. The molecule has 0 aromatic heterocycles. The minimum Gasteiger partial charge on any atom is -0.444 e. The summed E-state index contributed by atoms with van der Waals surface area (Å²) in [6.07, 6.45) is 4.97. The lowest BCUT2D eigenvalue weighted by Gasteiger charge is -2.40. The SMILES string of the molecule is Cc1ccc(CN2C3CCC2CN(C(=O)/C=C/c2ccc(Cl)cc2NC(=O)OC(C)(C)C)C3)cc1. The molecule has 2 aromatic carbocycles. The molecule has 35 heavy (non-hydrogen) atoms. The number of carbonyl (C=O) groups is 2. The van der Waals surface area contributed by atoms with Gasteiger partial charge in [0, 0.05) is 42.8 Å². The summed E-state index contributed by atoms with van der Waals surface area (Å²) in [4.78, 5) is 29.8. The summed E-state index contributed by atoms with van der Waals surface area (Å²) < 4.78 is 5.35. The number of hydrogen-bond donors (Lipinski definition) is 1. The zero-order valence-electron chi connectivity index (χ0n) is 20.9. The van der Waals surface area contributed by atoms with Crippen LogP contribution < -0.4 is 5.32 Å². The first-order valence-corrected chi connectivity index (χ1v) is 12.5. The molecule has 6 nitrogen and oxygen atoms in total. The van der Waals surface area contributed by atoms with Gasteiger partial charge in [0.2, 0.25) is 5.91 Å². The van der Waals surface area contributed by atoms with Gasteiger partial charge in [-0.05, 0) is 69.9 Å². The van der Waals surface area contributed by atoms with E-state index in [9.17, 15) is 9.59 Å². The molecule has 0 spiro atoms. The molecule has 7 heteroatoms. The maximum atomic E-state index is 13.1. The molecule has 2 atom stereocenters. The average Bonchev–Trinajstić information content (AvgIpc) is 2.99. The Bertz CT molecular complexity index is 1090. The standard InChI is InChI=1S/C28H34ClN3O3/c1-19-5-7-20(8-6-19)16-32-23-12-13-24(32)18-31(17-23)26(33)14-10-21-9-11-22(29)15-25(21)30-27(34)35-28(2,3)4/h5-11,14-15,23-24H,12-13,16-18H2,1-4H3,(H,30,34)/b14-10+. The van der Waals surface area contributed by atoms with Crippen LogP contribution in [0.1, 0.15) is 50.3 Å². The Morgan fingerprint density at radius 3 is 2.37 bits per heavy atom. The number of aryl methyl sites for hydroxylation is 1. The number of piperazine rings is 1. The lowest BCUT2D eigenvalue weighted by atomic mass is 10.1. The highest BCUT2D eigenvalue weighted by molar-refractivity contribution is 6.31. The number of fused-ring (bicyclic) bond motifs is 2. The predicted octanol–water partition coefficient (Wildman–Crippen LogP) is 5.88. The molecule has 2 amide bonds. The molecular formula is C28H34ClN3O3. The van der Waals surface area contributed by atoms with Gasteiger partial charge in [-0.1, -0.05) is 47.5 Å². The van der Waals surface area contributed by atoms with Gasteiger partial charge in [-0.25, -0.2) is 4.79 Å². The van der Waals surface area contributed by atoms with Gasteiger partial charge in [0.25, 0.3) is 0 Å². The number of ether oxygens (including phenoxy) is 1. The van der Waals surface area contributed by atoms with E-state index < -0.39 is 11.7 Å². The highest BCUT2D eigenvalue weighted by atomic mass is 35.5. The Labute approximate surface area is 212 Å². The predicted molar refractivity (Wildman–Crippen MR) is 140 cm³/mol. The molecule has 0 aliphatic carbocycles. The molecular weight excluding hydrogens is 462 g/mol. The Morgan fingerprint density at radius 1 is 1.09 bits per heavy atom. The highest BCUT2D eigenvalue weighted by Gasteiger charge is 2.40. The molecule has 2 bridgehead atoms. The van der Waals surface area contributed by atoms with Crippen molar-refractivity contribution >= 4 is 35.4 Å². The number of amides is 2. The van der Waals surface area contributed by atoms with Crippen molar-refractivity contribution in [1.82, 2.24) is 9.80 Å². The van der Waals surface area contributed by atoms with Crippen molar-refractivity contribution in [3.63, 3.8) is 0 Å². The summed E-state index contributed by atoms with van der Waals surface area (Å²) in [6.45, 7) is 9.90. The molecule has 2 heterocycles. The van der Waals surface area contributed by atoms with Crippen molar-refractivity contribution in [2.24, 2.45) is 0 Å². The number of nitrogens with zero attached hydrogens (tertiary/aromatic N) is 2. The molecule has 2 aromatic rings. The normalized spacial score (nSPS) is 20.3. The summed E-state index contributed by atoms with van der Waals surface area (Å²) in [7, 11) is 0. The summed E-state index contributed by atoms with van der Waals surface area (Å²) in [5, 5.41) is 3.23. The summed E-state index contributed by atoms with van der Waals surface area (Å²) >= 11 is 6.14. The number of halogens is 1.